The van der Waals surface area contributed by atoms with Gasteiger partial charge in [0.25, 0.3) is 5.91 Å². The van der Waals surface area contributed by atoms with E-state index in [4.69, 9.17) is 16.3 Å². The van der Waals surface area contributed by atoms with Crippen molar-refractivity contribution in [2.75, 3.05) is 31.2 Å². The fourth-order valence-corrected chi connectivity index (χ4v) is 8.72. The van der Waals surface area contributed by atoms with Gasteiger partial charge in [0.15, 0.2) is 0 Å². The molecule has 0 aliphatic carbocycles. The number of likely N-dealkylation sites (tertiary alicyclic amines) is 1. The highest BCUT2D eigenvalue weighted by Gasteiger charge is 2.77. The maximum absolute atomic E-state index is 14.3. The molecule has 0 radical (unpaired) electrons. The van der Waals surface area contributed by atoms with Crippen LogP contribution in [0, 0.1) is 11.8 Å². The van der Waals surface area contributed by atoms with Crippen molar-refractivity contribution >= 4 is 46.8 Å². The van der Waals surface area contributed by atoms with Crippen LogP contribution in [-0.2, 0) is 19.1 Å². The highest BCUT2D eigenvalue weighted by Crippen LogP contribution is 2.71. The Kier molecular flexibility index (Phi) is 8.41. The van der Waals surface area contributed by atoms with Gasteiger partial charge in [-0.2, -0.15) is 0 Å². The molecule has 3 aliphatic rings. The average Bonchev–Trinajstić information content (AvgIpc) is 3.44. The Labute approximate surface area is 227 Å². The number of aliphatic hydroxyl groups excluding tert-OH is 1. The highest BCUT2D eigenvalue weighted by molar-refractivity contribution is 8.02. The Hall–Kier alpha value is -2.29. The maximum atomic E-state index is 14.3. The minimum absolute atomic E-state index is 0.102. The van der Waals surface area contributed by atoms with Crippen LogP contribution in [-0.4, -0.2) is 69.6 Å². The molecule has 2 unspecified atom stereocenters. The van der Waals surface area contributed by atoms with Gasteiger partial charge in [-0.15, -0.1) is 24.9 Å². The lowest BCUT2D eigenvalue weighted by Crippen LogP contribution is -2.55. The van der Waals surface area contributed by atoms with Gasteiger partial charge in [-0.1, -0.05) is 23.8 Å². The number of ether oxygens (including phenoxy) is 1. The van der Waals surface area contributed by atoms with E-state index < -0.39 is 27.4 Å². The minimum Gasteiger partial charge on any atom is -0.465 e. The van der Waals surface area contributed by atoms with Gasteiger partial charge >= 0.3 is 5.97 Å². The summed E-state index contributed by atoms with van der Waals surface area (Å²) in [5.41, 5.74) is 0.658. The lowest BCUT2D eigenvalue weighted by Gasteiger charge is -2.37. The van der Waals surface area contributed by atoms with E-state index in [-0.39, 0.29) is 44.1 Å². The van der Waals surface area contributed by atoms with Gasteiger partial charge < -0.3 is 19.6 Å². The molecule has 1 aromatic rings. The summed E-state index contributed by atoms with van der Waals surface area (Å²) in [5, 5.41) is 10.1. The second-order valence-corrected chi connectivity index (χ2v) is 12.5. The summed E-state index contributed by atoms with van der Waals surface area (Å²) in [6.07, 6.45) is 6.57. The van der Waals surface area contributed by atoms with Crippen LogP contribution < -0.4 is 4.90 Å². The number of carbonyl (C=O) groups is 3. The van der Waals surface area contributed by atoms with Crippen molar-refractivity contribution in [2.24, 2.45) is 11.8 Å². The highest BCUT2D eigenvalue weighted by atomic mass is 35.5. The number of thioether (sulfide) groups is 1. The molecule has 9 heteroatoms. The number of amides is 2. The molecule has 3 heterocycles. The summed E-state index contributed by atoms with van der Waals surface area (Å²) in [6.45, 7) is 10.2. The molecule has 0 aromatic heterocycles. The number of hydrogen-bond acceptors (Lipinski definition) is 6. The molecule has 1 spiro atoms. The fourth-order valence-electron chi connectivity index (χ4n) is 6.25. The molecule has 2 amide bonds. The van der Waals surface area contributed by atoms with Crippen LogP contribution in [0.4, 0.5) is 5.69 Å². The van der Waals surface area contributed by atoms with Crippen LogP contribution in [0.2, 0.25) is 5.02 Å². The fraction of sp³-hybridized carbons (Fsp3) is 0.536. The average molecular weight is 547 g/mol. The van der Waals surface area contributed by atoms with Crippen LogP contribution in [0.3, 0.4) is 0 Å². The third kappa shape index (κ3) is 4.84. The third-order valence-corrected chi connectivity index (χ3v) is 10.1. The first-order valence-electron chi connectivity index (χ1n) is 12.8. The topological polar surface area (TPSA) is 87.1 Å². The molecule has 7 nitrogen and oxygen atoms in total. The minimum atomic E-state index is -0.766. The van der Waals surface area contributed by atoms with Crippen LogP contribution in [0.5, 0.6) is 0 Å². The second-order valence-electron chi connectivity index (χ2n) is 10.1. The number of fused-ring (bicyclic) bond motifs is 1. The molecule has 4 rings (SSSR count). The van der Waals surface area contributed by atoms with Crippen LogP contribution >= 0.6 is 23.4 Å². The Bertz CT molecular complexity index is 1070. The number of unbranched alkanes of at least 4 members (excludes halogenated alkanes) is 1. The van der Waals surface area contributed by atoms with Crippen LogP contribution in [0.25, 0.3) is 0 Å². The molecule has 2 bridgehead atoms. The van der Waals surface area contributed by atoms with E-state index in [2.05, 4.69) is 13.2 Å². The SMILES string of the molecule is C=CCCCOC(=O)[C@H]1[C@H]2C(=O)N(CCCO)C(C(=O)N(CC=C)c3ccc(Cl)cc3)C23CC[C@]1(C)S3. The molecule has 37 heavy (non-hydrogen) atoms. The zero-order valence-electron chi connectivity index (χ0n) is 21.2. The molecule has 5 atom stereocenters. The molecule has 3 aliphatic heterocycles. The van der Waals surface area contributed by atoms with Gasteiger partial charge in [-0.3, -0.25) is 14.4 Å². The number of esters is 1. The zero-order valence-corrected chi connectivity index (χ0v) is 22.8. The van der Waals surface area contributed by atoms with E-state index in [9.17, 15) is 19.5 Å². The Morgan fingerprint density at radius 3 is 2.62 bits per heavy atom. The van der Waals surface area contributed by atoms with Gasteiger partial charge in [0, 0.05) is 35.2 Å². The van der Waals surface area contributed by atoms with E-state index in [0.717, 1.165) is 6.42 Å². The molecule has 1 aromatic carbocycles. The standard InChI is InChI=1S/C28H35ClN2O5S/c1-4-6-7-18-36-26(35)22-21-24(33)31(16-8-17-32)23(28(21)14-13-27(22,3)37-28)25(34)30(15-5-2)20-11-9-19(29)10-12-20/h4-5,9-12,21-23,32H,1-2,6-8,13-18H2,3H3/t21-,22+,23?,27-,28?/m0/s1. The van der Waals surface area contributed by atoms with Crippen LogP contribution in [0.1, 0.15) is 39.0 Å². The van der Waals surface area contributed by atoms with E-state index in [1.54, 1.807) is 58.0 Å². The van der Waals surface area contributed by atoms with Gasteiger partial charge in [-0.05, 0) is 63.3 Å². The lowest BCUT2D eigenvalue weighted by atomic mass is 9.66. The predicted octanol–water partition coefficient (Wildman–Crippen LogP) is 4.23. The number of benzene rings is 1. The normalized spacial score (nSPS) is 29.8. The Morgan fingerprint density at radius 2 is 1.97 bits per heavy atom. The van der Waals surface area contributed by atoms with Crippen molar-refractivity contribution < 1.29 is 24.2 Å². The van der Waals surface area contributed by atoms with Crippen molar-refractivity contribution in [2.45, 2.75) is 54.6 Å². The predicted molar refractivity (Wildman–Crippen MR) is 147 cm³/mol. The molecule has 3 fully saturated rings. The van der Waals surface area contributed by atoms with Gasteiger partial charge in [0.1, 0.15) is 6.04 Å². The number of aliphatic hydroxyl groups is 1. The molecule has 3 saturated heterocycles. The van der Waals surface area contributed by atoms with E-state index in [0.29, 0.717) is 36.4 Å². The Morgan fingerprint density at radius 1 is 1.24 bits per heavy atom. The molecular weight excluding hydrogens is 512 g/mol. The largest absolute Gasteiger partial charge is 0.465 e. The van der Waals surface area contributed by atoms with E-state index >= 15 is 0 Å². The molecular formula is C28H35ClN2O5S. The molecule has 0 saturated carbocycles. The quantitative estimate of drug-likeness (QED) is 0.240. The first kappa shape index (κ1) is 27.7. The summed E-state index contributed by atoms with van der Waals surface area (Å²) < 4.78 is 4.42. The number of carbonyl (C=O) groups excluding carboxylic acids is 3. The smallest absolute Gasteiger partial charge is 0.311 e. The van der Waals surface area contributed by atoms with Crippen molar-refractivity contribution in [3.63, 3.8) is 0 Å². The summed E-state index contributed by atoms with van der Waals surface area (Å²) in [4.78, 5) is 44.9. The van der Waals surface area contributed by atoms with Crippen molar-refractivity contribution in [3.05, 3.63) is 54.6 Å². The first-order valence-corrected chi connectivity index (χ1v) is 14.0. The van der Waals surface area contributed by atoms with Crippen molar-refractivity contribution in [1.82, 2.24) is 4.90 Å². The van der Waals surface area contributed by atoms with Gasteiger partial charge in [0.05, 0.1) is 23.2 Å². The van der Waals surface area contributed by atoms with Gasteiger partial charge in [0.2, 0.25) is 5.91 Å². The number of anilines is 1. The van der Waals surface area contributed by atoms with Crippen molar-refractivity contribution in [1.29, 1.82) is 0 Å². The Balaban J connectivity index is 1.71. The molecule has 1 N–H and O–H groups in total. The summed E-state index contributed by atoms with van der Waals surface area (Å²) >= 11 is 7.69. The number of rotatable bonds is 12. The first-order chi connectivity index (χ1) is 17.7. The lowest BCUT2D eigenvalue weighted by molar-refractivity contribution is -0.155. The molecule has 200 valence electrons. The monoisotopic (exact) mass is 546 g/mol. The van der Waals surface area contributed by atoms with Crippen LogP contribution in [0.15, 0.2) is 49.6 Å². The number of allylic oxidation sites excluding steroid dienone is 1. The second kappa shape index (κ2) is 11.2. The summed E-state index contributed by atoms with van der Waals surface area (Å²) in [6, 6.07) is 6.23. The van der Waals surface area contributed by atoms with E-state index in [1.165, 1.54) is 0 Å². The maximum Gasteiger partial charge on any atom is 0.311 e. The zero-order chi connectivity index (χ0) is 26.8. The summed E-state index contributed by atoms with van der Waals surface area (Å²) in [7, 11) is 0. The van der Waals surface area contributed by atoms with Crippen molar-refractivity contribution in [3.8, 4) is 0 Å². The van der Waals surface area contributed by atoms with Gasteiger partial charge in [-0.25, -0.2) is 0 Å². The van der Waals surface area contributed by atoms with E-state index in [1.807, 2.05) is 6.92 Å². The third-order valence-electron chi connectivity index (χ3n) is 7.83. The number of nitrogens with zero attached hydrogens (tertiary/aromatic N) is 2. The summed E-state index contributed by atoms with van der Waals surface area (Å²) in [5.74, 6) is -2.06. The number of halogens is 1. The number of hydrogen-bond donors (Lipinski definition) is 1.